The molecule has 1 heterocycles. The molecule has 0 aromatic carbocycles. The number of carbonyl (C=O) groups excluding carboxylic acids is 1. The molecule has 0 radical (unpaired) electrons. The van der Waals surface area contributed by atoms with Crippen LogP contribution in [0.15, 0.2) is 9.59 Å². The first-order chi connectivity index (χ1) is 5.11. The molecule has 0 saturated carbocycles. The van der Waals surface area contributed by atoms with Gasteiger partial charge in [0.25, 0.3) is 5.91 Å². The van der Waals surface area contributed by atoms with Gasteiger partial charge >= 0.3 is 10.3 Å². The molecule has 3 N–H and O–H groups in total. The topological polar surface area (TPSA) is 106 Å². The maximum atomic E-state index is 10.6. The van der Waals surface area contributed by atoms with E-state index in [0.717, 1.165) is 0 Å². The van der Waals surface area contributed by atoms with Crippen LogP contribution in [0.25, 0.3) is 0 Å². The standard InChI is InChI=1S/C4H3N3O3S/c5-1(8)3-7-6-2(9)4(10)11-3/h(H2,5,8)(H,6,9). The smallest absolute Gasteiger partial charge is 0.322 e. The highest BCUT2D eigenvalue weighted by molar-refractivity contribution is 7.10. The third-order valence-electron chi connectivity index (χ3n) is 0.845. The maximum absolute atomic E-state index is 10.6. The molecule has 1 aromatic rings. The van der Waals surface area contributed by atoms with E-state index in [0.29, 0.717) is 11.3 Å². The van der Waals surface area contributed by atoms with E-state index in [1.807, 2.05) is 5.10 Å². The van der Waals surface area contributed by atoms with Crippen molar-refractivity contribution >= 4 is 17.2 Å². The fourth-order valence-corrected chi connectivity index (χ4v) is 0.915. The maximum Gasteiger partial charge on any atom is 0.322 e. The first kappa shape index (κ1) is 7.61. The number of nitrogens with one attached hydrogen (secondary N) is 1. The quantitative estimate of drug-likeness (QED) is 0.493. The highest BCUT2D eigenvalue weighted by atomic mass is 32.1. The molecule has 0 atom stereocenters. The Bertz CT molecular complexity index is 392. The minimum absolute atomic E-state index is 0.199. The van der Waals surface area contributed by atoms with Crippen LogP contribution < -0.4 is 16.0 Å². The number of nitrogens with two attached hydrogens (primary N) is 1. The Hall–Kier alpha value is -1.50. The number of nitrogens with zero attached hydrogens (tertiary/aromatic N) is 1. The molecule has 0 aliphatic carbocycles. The molecule has 1 amide bonds. The van der Waals surface area contributed by atoms with Gasteiger partial charge in [-0.1, -0.05) is 11.3 Å². The second-order valence-corrected chi connectivity index (χ2v) is 2.57. The average Bonchev–Trinajstić information content (AvgIpc) is 1.94. The predicted octanol–water partition coefficient (Wildman–Crippen LogP) is -1.71. The van der Waals surface area contributed by atoms with E-state index >= 15 is 0 Å². The highest BCUT2D eigenvalue weighted by Crippen LogP contribution is 1.89. The van der Waals surface area contributed by atoms with E-state index in [1.54, 1.807) is 0 Å². The second kappa shape index (κ2) is 2.62. The van der Waals surface area contributed by atoms with Crippen LogP contribution in [0.3, 0.4) is 0 Å². The van der Waals surface area contributed by atoms with Crippen molar-refractivity contribution in [3.05, 3.63) is 24.9 Å². The number of H-pyrrole nitrogens is 1. The van der Waals surface area contributed by atoms with Crippen LogP contribution in [0, 0.1) is 0 Å². The molecule has 0 fully saturated rings. The Balaban J connectivity index is 3.38. The van der Waals surface area contributed by atoms with Gasteiger partial charge in [-0.15, -0.1) is 0 Å². The van der Waals surface area contributed by atoms with Crippen molar-refractivity contribution in [3.63, 3.8) is 0 Å². The van der Waals surface area contributed by atoms with Crippen LogP contribution in [0.4, 0.5) is 0 Å². The molecule has 58 valence electrons. The van der Waals surface area contributed by atoms with Crippen LogP contribution in [0.1, 0.15) is 9.80 Å². The summed E-state index contributed by atoms with van der Waals surface area (Å²) in [5.41, 5.74) is 3.93. The molecule has 0 bridgehead atoms. The zero-order chi connectivity index (χ0) is 8.43. The summed E-state index contributed by atoms with van der Waals surface area (Å²) in [7, 11) is 0. The van der Waals surface area contributed by atoms with Crippen molar-refractivity contribution in [2.24, 2.45) is 5.73 Å². The van der Waals surface area contributed by atoms with Crippen LogP contribution >= 0.6 is 11.3 Å². The van der Waals surface area contributed by atoms with Gasteiger partial charge in [-0.25, -0.2) is 5.10 Å². The molecule has 11 heavy (non-hydrogen) atoms. The molecule has 0 spiro atoms. The number of primary amides is 1. The molecule has 1 aromatic heterocycles. The first-order valence-electron chi connectivity index (χ1n) is 2.51. The fraction of sp³-hybridized carbons (Fsp3) is 0. The fourth-order valence-electron chi connectivity index (χ4n) is 0.410. The summed E-state index contributed by atoms with van der Waals surface area (Å²) in [4.78, 5) is 31.4. The minimum atomic E-state index is -0.847. The SMILES string of the molecule is NC(=O)c1n[nH]c(=O)c(=O)s1. The molecule has 0 saturated heterocycles. The van der Waals surface area contributed by atoms with Crippen LogP contribution in [0.2, 0.25) is 0 Å². The number of amides is 1. The largest absolute Gasteiger partial charge is 0.363 e. The Kier molecular flexibility index (Phi) is 1.81. The first-order valence-corrected chi connectivity index (χ1v) is 3.32. The lowest BCUT2D eigenvalue weighted by molar-refractivity contribution is 0.0998. The number of aromatic amines is 1. The lowest BCUT2D eigenvalue weighted by atomic mass is 10.7. The number of carbonyl (C=O) groups is 1. The van der Waals surface area contributed by atoms with Crippen LogP contribution in [-0.4, -0.2) is 16.1 Å². The number of hydrogen-bond acceptors (Lipinski definition) is 5. The van der Waals surface area contributed by atoms with Gasteiger partial charge in [0.15, 0.2) is 0 Å². The molecular weight excluding hydrogens is 170 g/mol. The zero-order valence-electron chi connectivity index (χ0n) is 5.16. The van der Waals surface area contributed by atoms with Gasteiger partial charge in [-0.3, -0.25) is 14.4 Å². The van der Waals surface area contributed by atoms with E-state index in [2.05, 4.69) is 5.10 Å². The molecule has 0 unspecified atom stereocenters. The van der Waals surface area contributed by atoms with Crippen molar-refractivity contribution in [1.29, 1.82) is 0 Å². The molecular formula is C4H3N3O3S. The average molecular weight is 173 g/mol. The lowest BCUT2D eigenvalue weighted by Crippen LogP contribution is -2.27. The molecule has 1 rings (SSSR count). The predicted molar refractivity (Wildman–Crippen MR) is 37.5 cm³/mol. The summed E-state index contributed by atoms with van der Waals surface area (Å²) in [6, 6.07) is 0. The molecule has 0 aliphatic rings. The van der Waals surface area contributed by atoms with Crippen molar-refractivity contribution in [1.82, 2.24) is 10.2 Å². The molecule has 6 nitrogen and oxygen atoms in total. The van der Waals surface area contributed by atoms with Gasteiger partial charge in [0, 0.05) is 0 Å². The minimum Gasteiger partial charge on any atom is -0.363 e. The van der Waals surface area contributed by atoms with E-state index in [4.69, 9.17) is 5.73 Å². The Labute approximate surface area is 63.7 Å². The zero-order valence-corrected chi connectivity index (χ0v) is 5.97. The van der Waals surface area contributed by atoms with Crippen LogP contribution in [0.5, 0.6) is 0 Å². The summed E-state index contributed by atoms with van der Waals surface area (Å²) >= 11 is 0.427. The highest BCUT2D eigenvalue weighted by Gasteiger charge is 2.04. The van der Waals surface area contributed by atoms with Gasteiger partial charge < -0.3 is 5.73 Å². The normalized spacial score (nSPS) is 9.45. The van der Waals surface area contributed by atoms with Gasteiger partial charge in [-0.05, 0) is 0 Å². The van der Waals surface area contributed by atoms with E-state index in [-0.39, 0.29) is 5.01 Å². The van der Waals surface area contributed by atoms with Gasteiger partial charge in [-0.2, -0.15) is 5.10 Å². The van der Waals surface area contributed by atoms with E-state index in [1.165, 1.54) is 0 Å². The van der Waals surface area contributed by atoms with Crippen molar-refractivity contribution in [2.45, 2.75) is 0 Å². The molecule has 0 aliphatic heterocycles. The summed E-state index contributed by atoms with van der Waals surface area (Å²) < 4.78 is -0.784. The second-order valence-electron chi connectivity index (χ2n) is 1.61. The number of hydrogen-bond donors (Lipinski definition) is 2. The van der Waals surface area contributed by atoms with Crippen LogP contribution in [-0.2, 0) is 0 Å². The monoisotopic (exact) mass is 173 g/mol. The summed E-state index contributed by atoms with van der Waals surface area (Å²) in [6.45, 7) is 0. The lowest BCUT2D eigenvalue weighted by Gasteiger charge is -1.86. The number of aromatic nitrogens is 2. The third kappa shape index (κ3) is 1.49. The van der Waals surface area contributed by atoms with E-state index < -0.39 is 16.2 Å². The summed E-state index contributed by atoms with van der Waals surface area (Å²) in [5, 5.41) is 4.89. The van der Waals surface area contributed by atoms with Crippen molar-refractivity contribution in [3.8, 4) is 0 Å². The van der Waals surface area contributed by atoms with Gasteiger partial charge in [0.2, 0.25) is 5.01 Å². The Morgan fingerprint density at radius 3 is 2.64 bits per heavy atom. The Morgan fingerprint density at radius 1 is 1.55 bits per heavy atom. The van der Waals surface area contributed by atoms with E-state index in [9.17, 15) is 14.4 Å². The molecule has 7 heteroatoms. The van der Waals surface area contributed by atoms with Crippen molar-refractivity contribution in [2.75, 3.05) is 0 Å². The summed E-state index contributed by atoms with van der Waals surface area (Å²) in [5.74, 6) is -0.830. The third-order valence-corrected chi connectivity index (χ3v) is 1.70. The van der Waals surface area contributed by atoms with Gasteiger partial charge in [0.05, 0.1) is 0 Å². The number of rotatable bonds is 1. The van der Waals surface area contributed by atoms with Crippen molar-refractivity contribution < 1.29 is 4.79 Å². The Morgan fingerprint density at radius 2 is 2.18 bits per heavy atom. The summed E-state index contributed by atoms with van der Waals surface area (Å²) in [6.07, 6.45) is 0. The van der Waals surface area contributed by atoms with Gasteiger partial charge in [0.1, 0.15) is 0 Å².